The van der Waals surface area contributed by atoms with Crippen LogP contribution in [0.4, 0.5) is 0 Å². The lowest BCUT2D eigenvalue weighted by molar-refractivity contribution is -0.870. The lowest BCUT2D eigenvalue weighted by Crippen LogP contribution is -2.45. The van der Waals surface area contributed by atoms with E-state index in [-0.39, 0.29) is 19.1 Å². The maximum absolute atomic E-state index is 12.9. The van der Waals surface area contributed by atoms with Crippen molar-refractivity contribution in [3.63, 3.8) is 0 Å². The monoisotopic (exact) mass is 862 g/mol. The molecule has 3 unspecified atom stereocenters. The van der Waals surface area contributed by atoms with Crippen molar-refractivity contribution in [3.8, 4) is 0 Å². The third-order valence-corrected chi connectivity index (χ3v) is 11.4. The largest absolute Gasteiger partial charge is 0.472 e. The van der Waals surface area contributed by atoms with E-state index in [1.165, 1.54) is 109 Å². The number of aliphatic hydroxyl groups is 1. The van der Waals surface area contributed by atoms with Crippen molar-refractivity contribution < 1.29 is 32.9 Å². The molecule has 0 heterocycles. The number of phosphoric acid groups is 1. The van der Waals surface area contributed by atoms with Crippen LogP contribution < -0.4 is 5.32 Å². The second-order valence-corrected chi connectivity index (χ2v) is 18.9. The molecule has 9 heteroatoms. The number of aliphatic hydroxyl groups excluding tert-OH is 1. The Bertz CT molecular complexity index is 1200. The average molecular weight is 862 g/mol. The van der Waals surface area contributed by atoms with E-state index < -0.39 is 20.0 Å². The molecule has 0 aromatic carbocycles. The minimum atomic E-state index is -4.34. The fourth-order valence-electron chi connectivity index (χ4n) is 6.58. The van der Waals surface area contributed by atoms with Crippen molar-refractivity contribution in [2.45, 2.75) is 206 Å². The highest BCUT2D eigenvalue weighted by Crippen LogP contribution is 2.43. The molecule has 0 aliphatic rings. The summed E-state index contributed by atoms with van der Waals surface area (Å²) >= 11 is 0. The van der Waals surface area contributed by atoms with Gasteiger partial charge < -0.3 is 19.8 Å². The lowest BCUT2D eigenvalue weighted by atomic mass is 10.0. The summed E-state index contributed by atoms with van der Waals surface area (Å²) in [4.78, 5) is 23.1. The number of nitrogens with zero attached hydrogens (tertiary/aromatic N) is 1. The topological polar surface area (TPSA) is 105 Å². The summed E-state index contributed by atoms with van der Waals surface area (Å²) in [6.45, 7) is 4.62. The molecule has 0 saturated heterocycles. The zero-order chi connectivity index (χ0) is 44.3. The van der Waals surface area contributed by atoms with Gasteiger partial charge in [0, 0.05) is 6.42 Å². The highest BCUT2D eigenvalue weighted by molar-refractivity contribution is 7.47. The maximum atomic E-state index is 12.9. The van der Waals surface area contributed by atoms with E-state index in [4.69, 9.17) is 9.05 Å². The van der Waals surface area contributed by atoms with Crippen molar-refractivity contribution >= 4 is 13.7 Å². The van der Waals surface area contributed by atoms with Crippen molar-refractivity contribution in [3.05, 3.63) is 72.9 Å². The molecule has 0 aliphatic heterocycles. The van der Waals surface area contributed by atoms with Gasteiger partial charge in [0.05, 0.1) is 39.9 Å². The Hall–Kier alpha value is -2.06. The van der Waals surface area contributed by atoms with Gasteiger partial charge in [-0.05, 0) is 70.6 Å². The number of carbonyl (C=O) groups is 1. The number of unbranched alkanes of at least 4 members (excludes halogenated alkanes) is 20. The normalized spacial score (nSPS) is 14.8. The molecule has 0 fully saturated rings. The Labute approximate surface area is 370 Å². The zero-order valence-corrected chi connectivity index (χ0v) is 40.3. The molecule has 0 spiro atoms. The summed E-state index contributed by atoms with van der Waals surface area (Å²) in [6.07, 6.45) is 57.2. The van der Waals surface area contributed by atoms with E-state index in [0.29, 0.717) is 17.4 Å². The first kappa shape index (κ1) is 57.9. The second-order valence-electron chi connectivity index (χ2n) is 17.4. The van der Waals surface area contributed by atoms with E-state index in [2.05, 4.69) is 79.9 Å². The number of rotatable bonds is 43. The number of phosphoric ester groups is 1. The first-order valence-corrected chi connectivity index (χ1v) is 25.8. The summed E-state index contributed by atoms with van der Waals surface area (Å²) in [5.74, 6) is -0.192. The van der Waals surface area contributed by atoms with Gasteiger partial charge in [-0.2, -0.15) is 0 Å². The van der Waals surface area contributed by atoms with Gasteiger partial charge in [-0.3, -0.25) is 13.8 Å². The molecule has 0 aliphatic carbocycles. The molecule has 3 atom stereocenters. The van der Waals surface area contributed by atoms with Crippen LogP contribution in [-0.4, -0.2) is 73.4 Å². The molecule has 3 N–H and O–H groups in total. The molecular formula is C51H94N2O6P+. The SMILES string of the molecule is CC/C=C\C/C=C\C/C=C\C/C=C\CCCCCCCCCCCCCCCCCCC(=O)NC(COP(=O)(O)OCC[N+](C)(C)C)C(O)/C=C/CC/C=C/CCCCC. The number of allylic oxidation sites excluding steroid dienone is 11. The van der Waals surface area contributed by atoms with Crippen LogP contribution in [0.1, 0.15) is 194 Å². The molecular weight excluding hydrogens is 768 g/mol. The Morgan fingerprint density at radius 3 is 1.53 bits per heavy atom. The van der Waals surface area contributed by atoms with Crippen molar-refractivity contribution in [2.75, 3.05) is 40.9 Å². The Kier molecular flexibility index (Phi) is 40.8. The van der Waals surface area contributed by atoms with Gasteiger partial charge in [-0.1, -0.05) is 189 Å². The third kappa shape index (κ3) is 44.0. The third-order valence-electron chi connectivity index (χ3n) is 10.4. The van der Waals surface area contributed by atoms with Gasteiger partial charge in [-0.15, -0.1) is 0 Å². The summed E-state index contributed by atoms with van der Waals surface area (Å²) in [7, 11) is 1.55. The van der Waals surface area contributed by atoms with E-state index in [0.717, 1.165) is 64.2 Å². The number of hydrogen-bond donors (Lipinski definition) is 3. The van der Waals surface area contributed by atoms with Crippen LogP contribution in [0.5, 0.6) is 0 Å². The standard InChI is InChI=1S/C51H93N2O6P/c1-6-8-10-12-14-16-17-18-19-20-21-22-23-24-25-26-27-28-29-30-31-32-33-34-35-37-39-41-43-45-51(55)52-49(48-59-60(56,57)58-47-46-53(3,4)5)50(54)44-42-40-38-36-15-13-11-9-7-2/h8,10,14-16,18-19,21-22,36,42,44,49-50,54H,6-7,9,11-13,17,20,23-35,37-41,43,45-48H2,1-5H3,(H-,52,55,56,57)/p+1/b10-8-,16-14-,19-18-,22-21-,36-15+,44-42+. The van der Waals surface area contributed by atoms with Gasteiger partial charge in [-0.25, -0.2) is 4.57 Å². The quantitative estimate of drug-likeness (QED) is 0.0244. The van der Waals surface area contributed by atoms with Crippen LogP contribution in [0, 0.1) is 0 Å². The molecule has 1 amide bonds. The van der Waals surface area contributed by atoms with Gasteiger partial charge in [0.2, 0.25) is 5.91 Å². The van der Waals surface area contributed by atoms with Gasteiger partial charge in [0.15, 0.2) is 0 Å². The summed E-state index contributed by atoms with van der Waals surface area (Å²) in [6, 6.07) is -0.863. The summed E-state index contributed by atoms with van der Waals surface area (Å²) < 4.78 is 23.5. The maximum Gasteiger partial charge on any atom is 0.472 e. The molecule has 348 valence electrons. The van der Waals surface area contributed by atoms with E-state index >= 15 is 0 Å². The van der Waals surface area contributed by atoms with Crippen LogP contribution in [0.2, 0.25) is 0 Å². The van der Waals surface area contributed by atoms with Crippen LogP contribution in [0.3, 0.4) is 0 Å². The van der Waals surface area contributed by atoms with Crippen LogP contribution in [-0.2, 0) is 18.4 Å². The smallest absolute Gasteiger partial charge is 0.387 e. The fraction of sp³-hybridized carbons (Fsp3) is 0.745. The Morgan fingerprint density at radius 2 is 1.02 bits per heavy atom. The highest BCUT2D eigenvalue weighted by atomic mass is 31.2. The first-order chi connectivity index (χ1) is 29.0. The molecule has 0 saturated carbocycles. The molecule has 60 heavy (non-hydrogen) atoms. The van der Waals surface area contributed by atoms with Crippen molar-refractivity contribution in [1.29, 1.82) is 0 Å². The summed E-state index contributed by atoms with van der Waals surface area (Å²) in [5, 5.41) is 13.7. The Morgan fingerprint density at radius 1 is 0.583 bits per heavy atom. The minimum absolute atomic E-state index is 0.0539. The highest BCUT2D eigenvalue weighted by Gasteiger charge is 2.27. The van der Waals surface area contributed by atoms with Gasteiger partial charge in [0.1, 0.15) is 13.2 Å². The van der Waals surface area contributed by atoms with Gasteiger partial charge in [0.25, 0.3) is 0 Å². The number of amides is 1. The Balaban J connectivity index is 4.07. The summed E-state index contributed by atoms with van der Waals surface area (Å²) in [5.41, 5.74) is 0. The van der Waals surface area contributed by atoms with Crippen LogP contribution in [0.15, 0.2) is 72.9 Å². The molecule has 8 nitrogen and oxygen atoms in total. The molecule has 0 radical (unpaired) electrons. The predicted octanol–water partition coefficient (Wildman–Crippen LogP) is 14.0. The number of hydrogen-bond acceptors (Lipinski definition) is 5. The number of quaternary nitrogens is 1. The average Bonchev–Trinajstić information content (AvgIpc) is 3.20. The number of carbonyl (C=O) groups excluding carboxylic acids is 1. The predicted molar refractivity (Wildman–Crippen MR) is 258 cm³/mol. The van der Waals surface area contributed by atoms with E-state index in [1.54, 1.807) is 6.08 Å². The zero-order valence-electron chi connectivity index (χ0n) is 39.4. The first-order valence-electron chi connectivity index (χ1n) is 24.3. The van der Waals surface area contributed by atoms with Crippen LogP contribution in [0.25, 0.3) is 0 Å². The fourth-order valence-corrected chi connectivity index (χ4v) is 7.31. The molecule has 0 bridgehead atoms. The van der Waals surface area contributed by atoms with Gasteiger partial charge >= 0.3 is 7.82 Å². The number of nitrogens with one attached hydrogen (secondary N) is 1. The van der Waals surface area contributed by atoms with E-state index in [1.807, 2.05) is 27.2 Å². The minimum Gasteiger partial charge on any atom is -0.387 e. The number of likely N-dealkylation sites (N-methyl/N-ethyl adjacent to an activating group) is 1. The van der Waals surface area contributed by atoms with Crippen molar-refractivity contribution in [1.82, 2.24) is 5.32 Å². The van der Waals surface area contributed by atoms with E-state index in [9.17, 15) is 19.4 Å². The van der Waals surface area contributed by atoms with Crippen molar-refractivity contribution in [2.24, 2.45) is 0 Å². The molecule has 0 rings (SSSR count). The second kappa shape index (κ2) is 42.3. The van der Waals surface area contributed by atoms with Crippen LogP contribution >= 0.6 is 7.82 Å². The lowest BCUT2D eigenvalue weighted by Gasteiger charge is -2.25. The molecule has 0 aromatic heterocycles. The molecule has 0 aromatic rings.